The highest BCUT2D eigenvalue weighted by Crippen LogP contribution is 2.37. The van der Waals surface area contributed by atoms with Gasteiger partial charge in [0.2, 0.25) is 0 Å². The third-order valence-electron chi connectivity index (χ3n) is 3.18. The predicted octanol–water partition coefficient (Wildman–Crippen LogP) is 2.74. The number of hydrogen-bond acceptors (Lipinski definition) is 4. The first-order valence-electron chi connectivity index (χ1n) is 6.05. The van der Waals surface area contributed by atoms with Crippen LogP contribution in [0.4, 0.5) is 10.5 Å². The second-order valence-electron chi connectivity index (χ2n) is 4.40. The number of carbonyl (C=O) groups excluding carboxylic acids is 1. The van der Waals surface area contributed by atoms with Crippen molar-refractivity contribution < 1.29 is 18.3 Å². The first-order valence-corrected chi connectivity index (χ1v) is 7.49. The van der Waals surface area contributed by atoms with E-state index in [1.54, 1.807) is 16.6 Å². The van der Waals surface area contributed by atoms with Crippen LogP contribution in [0.5, 0.6) is 0 Å². The van der Waals surface area contributed by atoms with Gasteiger partial charge in [0.15, 0.2) is 11.1 Å². The highest BCUT2D eigenvalue weighted by atomic mass is 35.5. The molecule has 2 N–H and O–H groups in total. The Morgan fingerprint density at radius 2 is 2.35 bits per heavy atom. The van der Waals surface area contributed by atoms with E-state index in [-0.39, 0.29) is 6.04 Å². The molecule has 1 unspecified atom stereocenters. The number of anilines is 1. The lowest BCUT2D eigenvalue weighted by atomic mass is 10.0. The number of methoxy groups -OCH3 is 1. The largest absolute Gasteiger partial charge is 0.453 e. The Balaban J connectivity index is 2.36. The quantitative estimate of drug-likeness (QED) is 0.662. The standard InChI is InChI=1S/C12H15ClN2O4S/c1-19-12(16)14-8-4-5-11(20(17)18)9(7-8)10-3-2-6-15(10)13/h4-5,7,10H,2-3,6H2,1H3,(H,14,16)(H,17,18)/t10-/m0/s1. The number of ether oxygens (including phenoxy) is 1. The van der Waals surface area contributed by atoms with Gasteiger partial charge in [-0.2, -0.15) is 0 Å². The topological polar surface area (TPSA) is 78.9 Å². The van der Waals surface area contributed by atoms with Crippen LogP contribution < -0.4 is 5.32 Å². The molecule has 110 valence electrons. The van der Waals surface area contributed by atoms with Gasteiger partial charge in [-0.05, 0) is 48.4 Å². The van der Waals surface area contributed by atoms with Gasteiger partial charge in [0.1, 0.15) is 0 Å². The van der Waals surface area contributed by atoms with Gasteiger partial charge in [0.25, 0.3) is 0 Å². The van der Waals surface area contributed by atoms with Gasteiger partial charge in [-0.1, -0.05) is 0 Å². The van der Waals surface area contributed by atoms with Crippen molar-refractivity contribution in [3.8, 4) is 0 Å². The summed E-state index contributed by atoms with van der Waals surface area (Å²) in [4.78, 5) is 11.5. The molecular weight excluding hydrogens is 304 g/mol. The maximum absolute atomic E-state index is 11.4. The summed E-state index contributed by atoms with van der Waals surface area (Å²) in [6.07, 6.45) is 1.12. The van der Waals surface area contributed by atoms with Gasteiger partial charge in [0.05, 0.1) is 18.0 Å². The Hall–Kier alpha value is -1.15. The van der Waals surface area contributed by atoms with E-state index < -0.39 is 17.2 Å². The van der Waals surface area contributed by atoms with Crippen molar-refractivity contribution in [3.05, 3.63) is 23.8 Å². The lowest BCUT2D eigenvalue weighted by Crippen LogP contribution is -2.16. The molecule has 6 nitrogen and oxygen atoms in total. The van der Waals surface area contributed by atoms with Gasteiger partial charge < -0.3 is 9.29 Å². The Morgan fingerprint density at radius 1 is 1.60 bits per heavy atom. The maximum Gasteiger partial charge on any atom is 0.411 e. The molecule has 0 radical (unpaired) electrons. The summed E-state index contributed by atoms with van der Waals surface area (Å²) in [5.74, 6) is 0. The number of amides is 1. The first-order chi connectivity index (χ1) is 9.52. The summed E-state index contributed by atoms with van der Waals surface area (Å²) >= 11 is 4.01. The van der Waals surface area contributed by atoms with Crippen LogP contribution in [-0.4, -0.2) is 32.9 Å². The summed E-state index contributed by atoms with van der Waals surface area (Å²) in [7, 11) is 1.27. The minimum atomic E-state index is -2.10. The normalized spacial score (nSPS) is 20.6. The van der Waals surface area contributed by atoms with E-state index in [0.29, 0.717) is 16.1 Å². The smallest absolute Gasteiger partial charge is 0.411 e. The van der Waals surface area contributed by atoms with Crippen molar-refractivity contribution >= 4 is 34.6 Å². The molecule has 0 spiro atoms. The Labute approximate surface area is 124 Å². The fraction of sp³-hybridized carbons (Fsp3) is 0.417. The lowest BCUT2D eigenvalue weighted by molar-refractivity contribution is 0.187. The number of rotatable bonds is 3. The van der Waals surface area contributed by atoms with E-state index in [0.717, 1.165) is 19.4 Å². The van der Waals surface area contributed by atoms with Crippen molar-refractivity contribution in [3.63, 3.8) is 0 Å². The Bertz CT molecular complexity index is 540. The second-order valence-corrected chi connectivity index (χ2v) is 5.77. The molecule has 1 amide bonds. The molecule has 8 heteroatoms. The average molecular weight is 319 g/mol. The molecule has 0 aromatic heterocycles. The van der Waals surface area contributed by atoms with E-state index in [9.17, 15) is 13.6 Å². The van der Waals surface area contributed by atoms with E-state index in [1.807, 2.05) is 0 Å². The summed E-state index contributed by atoms with van der Waals surface area (Å²) in [6.45, 7) is 0.721. The van der Waals surface area contributed by atoms with Crippen LogP contribution in [0.25, 0.3) is 0 Å². The van der Waals surface area contributed by atoms with Crippen molar-refractivity contribution in [2.45, 2.75) is 23.8 Å². The van der Waals surface area contributed by atoms with Crippen molar-refractivity contribution in [2.75, 3.05) is 19.0 Å². The van der Waals surface area contributed by atoms with Gasteiger partial charge in [-0.25, -0.2) is 13.4 Å². The molecule has 2 rings (SSSR count). The van der Waals surface area contributed by atoms with Crippen LogP contribution >= 0.6 is 11.8 Å². The zero-order chi connectivity index (χ0) is 14.7. The van der Waals surface area contributed by atoms with Gasteiger partial charge in [-0.15, -0.1) is 0 Å². The van der Waals surface area contributed by atoms with E-state index in [4.69, 9.17) is 11.8 Å². The van der Waals surface area contributed by atoms with E-state index >= 15 is 0 Å². The van der Waals surface area contributed by atoms with Crippen molar-refractivity contribution in [1.82, 2.24) is 4.42 Å². The second kappa shape index (κ2) is 6.53. The lowest BCUT2D eigenvalue weighted by Gasteiger charge is -2.20. The van der Waals surface area contributed by atoms with E-state index in [2.05, 4.69) is 10.1 Å². The number of nitrogens with one attached hydrogen (secondary N) is 1. The fourth-order valence-corrected chi connectivity index (χ4v) is 3.16. The first kappa shape index (κ1) is 15.2. The number of carbonyl (C=O) groups is 1. The molecule has 0 saturated carbocycles. The molecule has 20 heavy (non-hydrogen) atoms. The molecule has 2 atom stereocenters. The third-order valence-corrected chi connectivity index (χ3v) is 4.33. The number of nitrogens with zero attached hydrogens (tertiary/aromatic N) is 1. The molecule has 1 aliphatic rings. The minimum absolute atomic E-state index is 0.137. The summed E-state index contributed by atoms with van der Waals surface area (Å²) in [6, 6.07) is 4.59. The molecule has 1 heterocycles. The van der Waals surface area contributed by atoms with Crippen LogP contribution in [0.1, 0.15) is 24.4 Å². The number of hydrogen-bond donors (Lipinski definition) is 2. The molecular formula is C12H15ClN2O4S. The highest BCUT2D eigenvalue weighted by molar-refractivity contribution is 7.79. The van der Waals surface area contributed by atoms with Crippen LogP contribution in [0.2, 0.25) is 0 Å². The van der Waals surface area contributed by atoms with Crippen LogP contribution in [0, 0.1) is 0 Å². The summed E-state index contributed by atoms with van der Waals surface area (Å²) in [5, 5.41) is 2.53. The van der Waals surface area contributed by atoms with Gasteiger partial charge in [0, 0.05) is 12.2 Å². The molecule has 0 bridgehead atoms. The molecule has 1 aromatic rings. The fourth-order valence-electron chi connectivity index (χ4n) is 2.25. The number of halogens is 1. The molecule has 1 aromatic carbocycles. The Kier molecular flexibility index (Phi) is 4.98. The van der Waals surface area contributed by atoms with Gasteiger partial charge >= 0.3 is 6.09 Å². The SMILES string of the molecule is COC(=O)Nc1ccc(S(=O)O)c([C@@H]2CCCN2Cl)c1. The summed E-state index contributed by atoms with van der Waals surface area (Å²) < 4.78 is 26.9. The predicted molar refractivity (Wildman–Crippen MR) is 76.0 cm³/mol. The van der Waals surface area contributed by atoms with Gasteiger partial charge in [-0.3, -0.25) is 5.32 Å². The van der Waals surface area contributed by atoms with Crippen molar-refractivity contribution in [2.24, 2.45) is 0 Å². The third kappa shape index (κ3) is 3.29. The minimum Gasteiger partial charge on any atom is -0.453 e. The monoisotopic (exact) mass is 318 g/mol. The summed E-state index contributed by atoms with van der Waals surface area (Å²) in [5.41, 5.74) is 1.14. The van der Waals surface area contributed by atoms with Crippen LogP contribution in [-0.2, 0) is 15.8 Å². The van der Waals surface area contributed by atoms with E-state index in [1.165, 1.54) is 13.2 Å². The highest BCUT2D eigenvalue weighted by Gasteiger charge is 2.28. The molecule has 1 aliphatic heterocycles. The number of benzene rings is 1. The molecule has 0 aliphatic carbocycles. The zero-order valence-corrected chi connectivity index (χ0v) is 12.4. The zero-order valence-electron chi connectivity index (χ0n) is 10.8. The van der Waals surface area contributed by atoms with Crippen LogP contribution in [0.3, 0.4) is 0 Å². The van der Waals surface area contributed by atoms with Crippen molar-refractivity contribution in [1.29, 1.82) is 0 Å². The maximum atomic E-state index is 11.4. The molecule has 1 fully saturated rings. The molecule has 1 saturated heterocycles. The van der Waals surface area contributed by atoms with Crippen LogP contribution in [0.15, 0.2) is 23.1 Å². The Morgan fingerprint density at radius 3 is 2.90 bits per heavy atom. The average Bonchev–Trinajstić information content (AvgIpc) is 2.84.